The maximum absolute atomic E-state index is 6.01. The van der Waals surface area contributed by atoms with Gasteiger partial charge in [-0.15, -0.1) is 0 Å². The normalized spacial score (nSPS) is 18.3. The van der Waals surface area contributed by atoms with Crippen molar-refractivity contribution in [1.82, 2.24) is 0 Å². The molecule has 3 nitrogen and oxygen atoms in total. The first kappa shape index (κ1) is 22.6. The molecule has 2 aromatic rings. The summed E-state index contributed by atoms with van der Waals surface area (Å²) in [7, 11) is 3.20. The predicted molar refractivity (Wildman–Crippen MR) is 131 cm³/mol. The van der Waals surface area contributed by atoms with E-state index in [0.717, 1.165) is 28.4 Å². The summed E-state index contributed by atoms with van der Waals surface area (Å²) in [5.41, 5.74) is 4.09. The molecule has 0 unspecified atom stereocenters. The third kappa shape index (κ3) is 5.26. The van der Waals surface area contributed by atoms with Crippen LogP contribution in [0.1, 0.15) is 64.2 Å². The number of methoxy groups -OCH3 is 2. The lowest BCUT2D eigenvalue weighted by Gasteiger charge is -2.39. The van der Waals surface area contributed by atoms with Gasteiger partial charge >= 0.3 is 0 Å². The molecule has 2 aliphatic carbocycles. The molecule has 0 atom stereocenters. The van der Waals surface area contributed by atoms with Crippen LogP contribution in [0.25, 0.3) is 11.1 Å². The number of hydrogen-bond acceptors (Lipinski definition) is 3. The molecule has 0 aromatic heterocycles. The van der Waals surface area contributed by atoms with Crippen LogP contribution in [0.3, 0.4) is 0 Å². The molecular weight excluding hydrogens is 403 g/mol. The van der Waals surface area contributed by atoms with E-state index in [-0.39, 0.29) is 14.7 Å². The summed E-state index contributed by atoms with van der Waals surface area (Å²) in [6.45, 7) is 0.238. The summed E-state index contributed by atoms with van der Waals surface area (Å²) in [5, 5.41) is 1.56. The number of rotatable bonds is 8. The molecule has 0 saturated heterocycles. The highest BCUT2D eigenvalue weighted by Crippen LogP contribution is 2.57. The van der Waals surface area contributed by atoms with Gasteiger partial charge in [-0.05, 0) is 60.0 Å². The topological polar surface area (TPSA) is 27.7 Å². The van der Waals surface area contributed by atoms with Crippen molar-refractivity contribution in [3.05, 3.63) is 42.5 Å². The van der Waals surface area contributed by atoms with Crippen molar-refractivity contribution in [2.24, 2.45) is 0 Å². The van der Waals surface area contributed by atoms with Crippen molar-refractivity contribution in [1.29, 1.82) is 0 Å². The van der Waals surface area contributed by atoms with Gasteiger partial charge in [-0.25, -0.2) is 0 Å². The smallest absolute Gasteiger partial charge is 0.188 e. The van der Waals surface area contributed by atoms with E-state index in [0.29, 0.717) is 0 Å². The van der Waals surface area contributed by atoms with E-state index in [2.05, 4.69) is 30.3 Å². The minimum atomic E-state index is -0.222. The summed E-state index contributed by atoms with van der Waals surface area (Å²) in [5.74, 6) is 1.72. The highest BCUT2D eigenvalue weighted by molar-refractivity contribution is 7.67. The molecule has 2 fully saturated rings. The van der Waals surface area contributed by atoms with Gasteiger partial charge in [-0.2, -0.15) is 0 Å². The minimum Gasteiger partial charge on any atom is -0.496 e. The Morgan fingerprint density at radius 2 is 1.35 bits per heavy atom. The first-order valence-corrected chi connectivity index (χ1v) is 13.5. The molecule has 0 spiro atoms. The minimum absolute atomic E-state index is 0.222. The monoisotopic (exact) mass is 440 g/mol. The van der Waals surface area contributed by atoms with Crippen LogP contribution in [0.5, 0.6) is 11.5 Å². The van der Waals surface area contributed by atoms with Gasteiger partial charge < -0.3 is 14.2 Å². The van der Waals surface area contributed by atoms with E-state index in [1.54, 1.807) is 19.5 Å². The van der Waals surface area contributed by atoms with Crippen LogP contribution in [0, 0.1) is 0 Å². The van der Waals surface area contributed by atoms with Gasteiger partial charge in [0.1, 0.15) is 11.5 Å². The van der Waals surface area contributed by atoms with Crippen LogP contribution in [0.4, 0.5) is 0 Å². The maximum atomic E-state index is 6.01. The maximum Gasteiger partial charge on any atom is 0.188 e. The molecule has 0 bridgehead atoms. The van der Waals surface area contributed by atoms with Gasteiger partial charge in [0.25, 0.3) is 0 Å². The Kier molecular flexibility index (Phi) is 8.27. The molecule has 31 heavy (non-hydrogen) atoms. The molecule has 0 aliphatic heterocycles. The molecule has 0 heterocycles. The van der Waals surface area contributed by atoms with Crippen LogP contribution in [-0.2, 0) is 4.74 Å². The third-order valence-electron chi connectivity index (χ3n) is 6.93. The van der Waals surface area contributed by atoms with Crippen LogP contribution >= 0.6 is 7.92 Å². The van der Waals surface area contributed by atoms with Crippen molar-refractivity contribution in [3.63, 3.8) is 0 Å². The predicted octanol–water partition coefficient (Wildman–Crippen LogP) is 7.12. The van der Waals surface area contributed by atoms with E-state index in [1.165, 1.54) is 69.8 Å². The van der Waals surface area contributed by atoms with Crippen molar-refractivity contribution >= 4 is 13.2 Å². The van der Waals surface area contributed by atoms with Gasteiger partial charge in [0.2, 0.25) is 0 Å². The van der Waals surface area contributed by atoms with Gasteiger partial charge in [-0.3, -0.25) is 0 Å². The molecule has 168 valence electrons. The second-order valence-corrected chi connectivity index (χ2v) is 11.6. The van der Waals surface area contributed by atoms with Crippen LogP contribution in [-0.4, -0.2) is 32.3 Å². The van der Waals surface area contributed by atoms with E-state index in [9.17, 15) is 0 Å². The Bertz CT molecular complexity index is 807. The Hall–Kier alpha value is -1.57. The number of benzene rings is 2. The summed E-state index contributed by atoms with van der Waals surface area (Å²) < 4.78 is 17.1. The molecule has 4 heteroatoms. The van der Waals surface area contributed by atoms with E-state index >= 15 is 0 Å². The first-order chi connectivity index (χ1) is 15.3. The molecule has 0 N–H and O–H groups in total. The fourth-order valence-corrected chi connectivity index (χ4v) is 9.46. The van der Waals surface area contributed by atoms with Crippen molar-refractivity contribution in [2.45, 2.75) is 75.5 Å². The average molecular weight is 441 g/mol. The van der Waals surface area contributed by atoms with Gasteiger partial charge in [-0.1, -0.05) is 76.8 Å². The second-order valence-electron chi connectivity index (χ2n) is 8.89. The fraction of sp³-hybridized carbons (Fsp3) is 0.556. The summed E-state index contributed by atoms with van der Waals surface area (Å²) >= 11 is 0. The highest BCUT2D eigenvalue weighted by Gasteiger charge is 2.34. The zero-order chi connectivity index (χ0) is 21.5. The molecule has 0 amide bonds. The largest absolute Gasteiger partial charge is 0.496 e. The zero-order valence-corrected chi connectivity index (χ0v) is 20.0. The van der Waals surface area contributed by atoms with Crippen molar-refractivity contribution in [3.8, 4) is 22.6 Å². The number of ether oxygens (including phenoxy) is 3. The van der Waals surface area contributed by atoms with Crippen LogP contribution in [0.2, 0.25) is 0 Å². The molecule has 0 radical (unpaired) electrons. The molecule has 4 rings (SSSR count). The highest BCUT2D eigenvalue weighted by atomic mass is 31.1. The lowest BCUT2D eigenvalue weighted by atomic mass is 9.99. The van der Waals surface area contributed by atoms with Crippen molar-refractivity contribution < 1.29 is 14.2 Å². The summed E-state index contributed by atoms with van der Waals surface area (Å²) in [4.78, 5) is 0. The third-order valence-corrected chi connectivity index (χ3v) is 10.5. The standard InChI is InChI=1S/C27H37O3P/c1-28-20-30-25-18-11-17-24(29-2)27(25)23-16-9-10-19-26(23)31(21-12-5-3-6-13-21)22-14-7-4-8-15-22/h9-11,16-19,21-22H,3-8,12-15,20H2,1-2H3. The Balaban J connectivity index is 1.81. The summed E-state index contributed by atoms with van der Waals surface area (Å²) in [6, 6.07) is 15.2. The second kappa shape index (κ2) is 11.3. The lowest BCUT2D eigenvalue weighted by Crippen LogP contribution is -2.27. The fourth-order valence-electron chi connectivity index (χ4n) is 5.51. The van der Waals surface area contributed by atoms with E-state index in [1.807, 2.05) is 12.1 Å². The van der Waals surface area contributed by atoms with Crippen LogP contribution in [0.15, 0.2) is 42.5 Å². The van der Waals surface area contributed by atoms with E-state index < -0.39 is 0 Å². The summed E-state index contributed by atoms with van der Waals surface area (Å²) in [6.07, 6.45) is 14.0. The lowest BCUT2D eigenvalue weighted by molar-refractivity contribution is 0.0514. The Morgan fingerprint density at radius 1 is 0.742 bits per heavy atom. The quantitative estimate of drug-likeness (QED) is 0.323. The van der Waals surface area contributed by atoms with Gasteiger partial charge in [0.15, 0.2) is 6.79 Å². The molecular formula is C27H37O3P. The van der Waals surface area contributed by atoms with Gasteiger partial charge in [0, 0.05) is 7.11 Å². The Labute approximate surface area is 189 Å². The van der Waals surface area contributed by atoms with Crippen molar-refractivity contribution in [2.75, 3.05) is 21.0 Å². The molecule has 2 aliphatic rings. The number of hydrogen-bond donors (Lipinski definition) is 0. The Morgan fingerprint density at radius 3 is 1.97 bits per heavy atom. The van der Waals surface area contributed by atoms with Gasteiger partial charge in [0.05, 0.1) is 12.7 Å². The zero-order valence-electron chi connectivity index (χ0n) is 19.1. The molecule has 2 saturated carbocycles. The molecule has 2 aromatic carbocycles. The SMILES string of the molecule is COCOc1cccc(OC)c1-c1ccccc1P(C1CCCCC1)C1CCCCC1. The van der Waals surface area contributed by atoms with Crippen LogP contribution < -0.4 is 14.8 Å². The average Bonchev–Trinajstić information content (AvgIpc) is 2.84. The van der Waals surface area contributed by atoms with E-state index in [4.69, 9.17) is 14.2 Å². The first-order valence-electron chi connectivity index (χ1n) is 12.0.